The van der Waals surface area contributed by atoms with E-state index in [4.69, 9.17) is 0 Å². The Hall–Kier alpha value is -1.01. The lowest BCUT2D eigenvalue weighted by molar-refractivity contribution is -0.115. The summed E-state index contributed by atoms with van der Waals surface area (Å²) in [5.41, 5.74) is 2.10. The van der Waals surface area contributed by atoms with Gasteiger partial charge in [-0.1, -0.05) is 26.0 Å². The molecular formula is C18H22INO2. The van der Waals surface area contributed by atoms with Crippen LogP contribution in [-0.2, 0) is 11.2 Å². The van der Waals surface area contributed by atoms with Gasteiger partial charge in [0.25, 0.3) is 0 Å². The Morgan fingerprint density at radius 3 is 2.68 bits per heavy atom. The molecule has 0 bridgehead atoms. The van der Waals surface area contributed by atoms with E-state index in [-0.39, 0.29) is 11.6 Å². The van der Waals surface area contributed by atoms with Crippen molar-refractivity contribution in [2.24, 2.45) is 0 Å². The maximum Gasteiger partial charge on any atom is 0.196 e. The Labute approximate surface area is 145 Å². The van der Waals surface area contributed by atoms with Crippen molar-refractivity contribution in [1.82, 2.24) is 4.90 Å². The standard InChI is InChI=1S/C18H22INO2/c1-3-20(4-2)11-5-6-17(21)15-10-8-13-7-9-14(19)12-16(13)18(15)22/h7,9-10,12H,3-6,8,11H2,1-2H3. The minimum Gasteiger partial charge on any atom is -0.304 e. The second-order valence-electron chi connectivity index (χ2n) is 5.51. The number of nitrogens with zero attached hydrogens (tertiary/aromatic N) is 1. The molecule has 0 fully saturated rings. The van der Waals surface area contributed by atoms with Crippen molar-refractivity contribution in [3.63, 3.8) is 0 Å². The number of carbonyl (C=O) groups is 2. The van der Waals surface area contributed by atoms with Gasteiger partial charge in [-0.15, -0.1) is 0 Å². The van der Waals surface area contributed by atoms with E-state index in [1.54, 1.807) is 6.08 Å². The fraction of sp³-hybridized carbons (Fsp3) is 0.444. The van der Waals surface area contributed by atoms with Crippen LogP contribution in [0.15, 0.2) is 29.8 Å². The van der Waals surface area contributed by atoms with Gasteiger partial charge in [-0.3, -0.25) is 9.59 Å². The maximum absolute atomic E-state index is 12.5. The van der Waals surface area contributed by atoms with E-state index in [2.05, 4.69) is 41.3 Å². The first-order chi connectivity index (χ1) is 10.6. The fourth-order valence-electron chi connectivity index (χ4n) is 2.77. The zero-order valence-electron chi connectivity index (χ0n) is 13.2. The number of Topliss-reactive ketones (excluding diaryl/α,β-unsaturated/α-hetero) is 2. The lowest BCUT2D eigenvalue weighted by Crippen LogP contribution is -2.25. The van der Waals surface area contributed by atoms with Gasteiger partial charge in [0.2, 0.25) is 0 Å². The van der Waals surface area contributed by atoms with E-state index in [1.165, 1.54) is 0 Å². The summed E-state index contributed by atoms with van der Waals surface area (Å²) in [6, 6.07) is 5.86. The van der Waals surface area contributed by atoms with Gasteiger partial charge in [0, 0.05) is 15.6 Å². The Bertz CT molecular complexity index is 603. The highest BCUT2D eigenvalue weighted by molar-refractivity contribution is 14.1. The quantitative estimate of drug-likeness (QED) is 0.508. The predicted molar refractivity (Wildman–Crippen MR) is 97.3 cm³/mol. The molecule has 4 heteroatoms. The molecule has 0 aromatic heterocycles. The molecule has 0 N–H and O–H groups in total. The maximum atomic E-state index is 12.5. The third-order valence-electron chi connectivity index (χ3n) is 4.16. The second-order valence-corrected chi connectivity index (χ2v) is 6.75. The predicted octanol–water partition coefficient (Wildman–Crippen LogP) is 3.65. The zero-order valence-corrected chi connectivity index (χ0v) is 15.4. The molecule has 1 aromatic rings. The number of benzene rings is 1. The number of hydrogen-bond acceptors (Lipinski definition) is 3. The number of ketones is 2. The Morgan fingerprint density at radius 1 is 1.27 bits per heavy atom. The van der Waals surface area contributed by atoms with E-state index in [1.807, 2.05) is 18.2 Å². The lowest BCUT2D eigenvalue weighted by Gasteiger charge is -2.18. The van der Waals surface area contributed by atoms with Crippen LogP contribution < -0.4 is 0 Å². The highest BCUT2D eigenvalue weighted by atomic mass is 127. The van der Waals surface area contributed by atoms with Crippen molar-refractivity contribution in [1.29, 1.82) is 0 Å². The number of fused-ring (bicyclic) bond motifs is 1. The molecule has 0 amide bonds. The molecule has 0 spiro atoms. The smallest absolute Gasteiger partial charge is 0.196 e. The van der Waals surface area contributed by atoms with Gasteiger partial charge in [-0.25, -0.2) is 0 Å². The lowest BCUT2D eigenvalue weighted by atomic mass is 9.87. The first-order valence-corrected chi connectivity index (χ1v) is 8.93. The van der Waals surface area contributed by atoms with Crippen LogP contribution in [-0.4, -0.2) is 36.1 Å². The summed E-state index contributed by atoms with van der Waals surface area (Å²) in [5, 5.41) is 0. The molecule has 22 heavy (non-hydrogen) atoms. The average molecular weight is 411 g/mol. The summed E-state index contributed by atoms with van der Waals surface area (Å²) < 4.78 is 1.03. The number of rotatable bonds is 7. The molecule has 0 atom stereocenters. The number of halogens is 1. The SMILES string of the molecule is CCN(CC)CCCC(=O)C1=CCc2ccc(I)cc2C1=O. The van der Waals surface area contributed by atoms with Gasteiger partial charge in [0.15, 0.2) is 11.6 Å². The normalized spacial score (nSPS) is 14.0. The van der Waals surface area contributed by atoms with Crippen LogP contribution in [0.3, 0.4) is 0 Å². The number of hydrogen-bond donors (Lipinski definition) is 0. The van der Waals surface area contributed by atoms with E-state index < -0.39 is 0 Å². The molecule has 3 nitrogen and oxygen atoms in total. The van der Waals surface area contributed by atoms with Crippen LogP contribution in [0.1, 0.15) is 42.6 Å². The fourth-order valence-corrected chi connectivity index (χ4v) is 3.26. The molecule has 1 aliphatic rings. The van der Waals surface area contributed by atoms with Crippen LogP contribution in [0.5, 0.6) is 0 Å². The molecule has 1 aromatic carbocycles. The summed E-state index contributed by atoms with van der Waals surface area (Å²) in [5.74, 6) is -0.116. The summed E-state index contributed by atoms with van der Waals surface area (Å²) in [7, 11) is 0. The Morgan fingerprint density at radius 2 is 2.00 bits per heavy atom. The Balaban J connectivity index is 2.00. The summed E-state index contributed by atoms with van der Waals surface area (Å²) >= 11 is 2.20. The summed E-state index contributed by atoms with van der Waals surface area (Å²) in [4.78, 5) is 27.2. The molecule has 1 aliphatic carbocycles. The summed E-state index contributed by atoms with van der Waals surface area (Å²) in [6.45, 7) is 7.15. The first kappa shape index (κ1) is 17.3. The van der Waals surface area contributed by atoms with Gasteiger partial charge < -0.3 is 4.90 Å². The largest absolute Gasteiger partial charge is 0.304 e. The van der Waals surface area contributed by atoms with Crippen LogP contribution in [0.2, 0.25) is 0 Å². The van der Waals surface area contributed by atoms with Crippen molar-refractivity contribution in [2.45, 2.75) is 33.1 Å². The highest BCUT2D eigenvalue weighted by Crippen LogP contribution is 2.24. The molecule has 2 rings (SSSR count). The monoisotopic (exact) mass is 411 g/mol. The van der Waals surface area contributed by atoms with Crippen LogP contribution in [0, 0.1) is 3.57 Å². The van der Waals surface area contributed by atoms with Crippen molar-refractivity contribution < 1.29 is 9.59 Å². The van der Waals surface area contributed by atoms with Crippen LogP contribution in [0.4, 0.5) is 0 Å². The molecular weight excluding hydrogens is 389 g/mol. The van der Waals surface area contributed by atoms with Crippen molar-refractivity contribution in [3.8, 4) is 0 Å². The zero-order chi connectivity index (χ0) is 16.1. The van der Waals surface area contributed by atoms with Crippen molar-refractivity contribution in [2.75, 3.05) is 19.6 Å². The summed E-state index contributed by atoms with van der Waals surface area (Å²) in [6.07, 6.45) is 3.74. The van der Waals surface area contributed by atoms with E-state index in [0.29, 0.717) is 24.0 Å². The Kier molecular flexibility index (Phi) is 6.32. The van der Waals surface area contributed by atoms with E-state index in [0.717, 1.165) is 35.2 Å². The average Bonchev–Trinajstić information content (AvgIpc) is 2.52. The van der Waals surface area contributed by atoms with E-state index >= 15 is 0 Å². The minimum atomic E-state index is -0.104. The number of allylic oxidation sites excluding steroid dienone is 2. The molecule has 0 unspecified atom stereocenters. The van der Waals surface area contributed by atoms with Gasteiger partial charge in [-0.05, 0) is 72.8 Å². The molecule has 0 saturated carbocycles. The van der Waals surface area contributed by atoms with Crippen LogP contribution in [0.25, 0.3) is 0 Å². The van der Waals surface area contributed by atoms with Crippen LogP contribution >= 0.6 is 22.6 Å². The molecule has 118 valence electrons. The first-order valence-electron chi connectivity index (χ1n) is 7.85. The molecule has 0 radical (unpaired) electrons. The van der Waals surface area contributed by atoms with Gasteiger partial charge in [0.05, 0.1) is 5.57 Å². The third-order valence-corrected chi connectivity index (χ3v) is 4.83. The molecule has 0 heterocycles. The molecule has 0 aliphatic heterocycles. The molecule has 0 saturated heterocycles. The second kappa shape index (κ2) is 8.02. The van der Waals surface area contributed by atoms with Crippen molar-refractivity contribution in [3.05, 3.63) is 44.5 Å². The minimum absolute atomic E-state index is 0.0123. The number of carbonyl (C=O) groups excluding carboxylic acids is 2. The van der Waals surface area contributed by atoms with Gasteiger partial charge in [0.1, 0.15) is 0 Å². The third kappa shape index (κ3) is 4.04. The van der Waals surface area contributed by atoms with E-state index in [9.17, 15) is 9.59 Å². The van der Waals surface area contributed by atoms with Gasteiger partial charge >= 0.3 is 0 Å². The highest BCUT2D eigenvalue weighted by Gasteiger charge is 2.25. The topological polar surface area (TPSA) is 37.4 Å². The van der Waals surface area contributed by atoms with Crippen molar-refractivity contribution >= 4 is 34.2 Å². The van der Waals surface area contributed by atoms with Gasteiger partial charge in [-0.2, -0.15) is 0 Å².